The second-order valence-corrected chi connectivity index (χ2v) is 6.63. The van der Waals surface area contributed by atoms with Crippen LogP contribution in [0.3, 0.4) is 0 Å². The summed E-state index contributed by atoms with van der Waals surface area (Å²) in [5, 5.41) is 0. The van der Waals surface area contributed by atoms with Gasteiger partial charge in [-0.1, -0.05) is 49.3 Å². The van der Waals surface area contributed by atoms with E-state index in [4.69, 9.17) is 0 Å². The SMILES string of the molecule is CC(CCCCI)CC(C)CC(C)(C)F. The van der Waals surface area contributed by atoms with Crippen molar-refractivity contribution in [3.8, 4) is 0 Å². The van der Waals surface area contributed by atoms with Crippen LogP contribution in [-0.4, -0.2) is 10.1 Å². The van der Waals surface area contributed by atoms with Gasteiger partial charge in [0.25, 0.3) is 0 Å². The Hall–Kier alpha value is 0.660. The van der Waals surface area contributed by atoms with E-state index in [1.54, 1.807) is 13.8 Å². The number of hydrogen-bond donors (Lipinski definition) is 0. The second kappa shape index (κ2) is 7.86. The molecule has 0 aliphatic carbocycles. The van der Waals surface area contributed by atoms with Gasteiger partial charge in [-0.2, -0.15) is 0 Å². The van der Waals surface area contributed by atoms with Crippen molar-refractivity contribution in [2.24, 2.45) is 11.8 Å². The average Bonchev–Trinajstić information content (AvgIpc) is 2.00. The summed E-state index contributed by atoms with van der Waals surface area (Å²) in [6.45, 7) is 7.85. The van der Waals surface area contributed by atoms with Crippen molar-refractivity contribution in [2.75, 3.05) is 4.43 Å². The van der Waals surface area contributed by atoms with Crippen LogP contribution in [0, 0.1) is 11.8 Å². The molecule has 0 fully saturated rings. The fourth-order valence-electron chi connectivity index (χ4n) is 2.30. The molecule has 0 amide bonds. The van der Waals surface area contributed by atoms with E-state index in [2.05, 4.69) is 36.4 Å². The Bertz CT molecular complexity index is 151. The second-order valence-electron chi connectivity index (χ2n) is 5.55. The predicted molar refractivity (Wildman–Crippen MR) is 75.5 cm³/mol. The number of rotatable bonds is 8. The van der Waals surface area contributed by atoms with Crippen molar-refractivity contribution < 1.29 is 4.39 Å². The molecule has 0 bridgehead atoms. The summed E-state index contributed by atoms with van der Waals surface area (Å²) >= 11 is 2.43. The van der Waals surface area contributed by atoms with Gasteiger partial charge in [-0.15, -0.1) is 0 Å². The van der Waals surface area contributed by atoms with Crippen molar-refractivity contribution in [3.63, 3.8) is 0 Å². The molecule has 0 nitrogen and oxygen atoms in total. The van der Waals surface area contributed by atoms with Gasteiger partial charge in [-0.25, -0.2) is 4.39 Å². The monoisotopic (exact) mass is 328 g/mol. The van der Waals surface area contributed by atoms with Crippen LogP contribution in [0.2, 0.25) is 0 Å². The maximum Gasteiger partial charge on any atom is 0.105 e. The minimum atomic E-state index is -0.999. The fourth-order valence-corrected chi connectivity index (χ4v) is 2.84. The summed E-state index contributed by atoms with van der Waals surface area (Å²) < 4.78 is 14.7. The quantitative estimate of drug-likeness (QED) is 0.318. The first-order chi connectivity index (χ1) is 6.85. The minimum Gasteiger partial charge on any atom is -0.244 e. The summed E-state index contributed by atoms with van der Waals surface area (Å²) in [7, 11) is 0. The lowest BCUT2D eigenvalue weighted by Gasteiger charge is -2.22. The van der Waals surface area contributed by atoms with E-state index >= 15 is 0 Å². The van der Waals surface area contributed by atoms with Gasteiger partial charge in [0, 0.05) is 0 Å². The van der Waals surface area contributed by atoms with Crippen LogP contribution in [0.1, 0.15) is 59.8 Å². The largest absolute Gasteiger partial charge is 0.244 e. The molecule has 0 saturated carbocycles. The van der Waals surface area contributed by atoms with Crippen molar-refractivity contribution in [2.45, 2.75) is 65.5 Å². The number of halogens is 2. The zero-order chi connectivity index (χ0) is 11.9. The van der Waals surface area contributed by atoms with Gasteiger partial charge < -0.3 is 0 Å². The number of alkyl halides is 2. The molecule has 0 N–H and O–H groups in total. The summed E-state index contributed by atoms with van der Waals surface area (Å²) in [6, 6.07) is 0. The number of hydrogen-bond acceptors (Lipinski definition) is 0. The van der Waals surface area contributed by atoms with E-state index in [0.717, 1.165) is 5.92 Å². The average molecular weight is 328 g/mol. The van der Waals surface area contributed by atoms with Crippen LogP contribution in [0.5, 0.6) is 0 Å². The smallest absolute Gasteiger partial charge is 0.105 e. The van der Waals surface area contributed by atoms with Gasteiger partial charge in [-0.05, 0) is 49.4 Å². The first-order valence-corrected chi connectivity index (χ1v) is 7.62. The van der Waals surface area contributed by atoms with Crippen molar-refractivity contribution in [1.29, 1.82) is 0 Å². The van der Waals surface area contributed by atoms with Gasteiger partial charge >= 0.3 is 0 Å². The molecule has 0 saturated heterocycles. The lowest BCUT2D eigenvalue weighted by Crippen LogP contribution is -2.17. The lowest BCUT2D eigenvalue weighted by molar-refractivity contribution is 0.162. The third-order valence-corrected chi connectivity index (χ3v) is 3.48. The Morgan fingerprint density at radius 1 is 1.13 bits per heavy atom. The molecule has 2 heteroatoms. The van der Waals surface area contributed by atoms with E-state index in [1.807, 2.05) is 0 Å². The van der Waals surface area contributed by atoms with Crippen molar-refractivity contribution >= 4 is 22.6 Å². The standard InChI is InChI=1S/C13H26FI/c1-11(7-5-6-8-15)9-12(2)10-13(3,4)14/h11-12H,5-10H2,1-4H3. The Kier molecular flexibility index (Phi) is 8.20. The molecule has 0 aliphatic rings. The van der Waals surface area contributed by atoms with Gasteiger partial charge in [0.05, 0.1) is 0 Å². The third-order valence-electron chi connectivity index (χ3n) is 2.72. The molecule has 2 unspecified atom stereocenters. The Morgan fingerprint density at radius 2 is 1.73 bits per heavy atom. The van der Waals surface area contributed by atoms with Gasteiger partial charge in [0.1, 0.15) is 5.67 Å². The van der Waals surface area contributed by atoms with Crippen molar-refractivity contribution in [3.05, 3.63) is 0 Å². The van der Waals surface area contributed by atoms with Crippen LogP contribution < -0.4 is 0 Å². The Morgan fingerprint density at radius 3 is 2.20 bits per heavy atom. The first-order valence-electron chi connectivity index (χ1n) is 6.10. The molecule has 0 aromatic rings. The highest BCUT2D eigenvalue weighted by Crippen LogP contribution is 2.26. The molecule has 0 aliphatic heterocycles. The highest BCUT2D eigenvalue weighted by molar-refractivity contribution is 14.1. The molecule has 0 radical (unpaired) electrons. The Balaban J connectivity index is 3.62. The molecule has 15 heavy (non-hydrogen) atoms. The molecular weight excluding hydrogens is 302 g/mol. The molecule has 92 valence electrons. The van der Waals surface area contributed by atoms with E-state index in [0.29, 0.717) is 12.3 Å². The van der Waals surface area contributed by atoms with E-state index in [9.17, 15) is 4.39 Å². The highest BCUT2D eigenvalue weighted by atomic mass is 127. The summed E-state index contributed by atoms with van der Waals surface area (Å²) in [5.41, 5.74) is -0.999. The maximum absolute atomic E-state index is 13.4. The third kappa shape index (κ3) is 10.9. The maximum atomic E-state index is 13.4. The summed E-state index contributed by atoms with van der Waals surface area (Å²) in [5.74, 6) is 1.27. The molecule has 2 atom stereocenters. The predicted octanol–water partition coefficient (Wildman–Crippen LogP) is 5.39. The molecular formula is C13H26FI. The van der Waals surface area contributed by atoms with Crippen LogP contribution in [0.15, 0.2) is 0 Å². The van der Waals surface area contributed by atoms with Crippen LogP contribution in [0.4, 0.5) is 4.39 Å². The van der Waals surface area contributed by atoms with E-state index in [-0.39, 0.29) is 0 Å². The van der Waals surface area contributed by atoms with Gasteiger partial charge in [0.2, 0.25) is 0 Å². The molecule has 0 aromatic heterocycles. The van der Waals surface area contributed by atoms with Gasteiger partial charge in [0.15, 0.2) is 0 Å². The lowest BCUT2D eigenvalue weighted by atomic mass is 9.87. The topological polar surface area (TPSA) is 0 Å². The Labute approximate surface area is 109 Å². The summed E-state index contributed by atoms with van der Waals surface area (Å²) in [4.78, 5) is 0. The zero-order valence-electron chi connectivity index (χ0n) is 10.7. The zero-order valence-corrected chi connectivity index (χ0v) is 12.8. The fraction of sp³-hybridized carbons (Fsp3) is 1.00. The normalized spacial score (nSPS) is 16.4. The molecule has 0 heterocycles. The van der Waals surface area contributed by atoms with Crippen LogP contribution in [0.25, 0.3) is 0 Å². The van der Waals surface area contributed by atoms with E-state index < -0.39 is 5.67 Å². The first kappa shape index (κ1) is 15.7. The molecule has 0 rings (SSSR count). The minimum absolute atomic E-state index is 0.514. The number of unbranched alkanes of at least 4 members (excludes halogenated alkanes) is 1. The highest BCUT2D eigenvalue weighted by Gasteiger charge is 2.20. The van der Waals surface area contributed by atoms with Crippen LogP contribution in [-0.2, 0) is 0 Å². The molecule has 0 aromatic carbocycles. The molecule has 0 spiro atoms. The van der Waals surface area contributed by atoms with E-state index in [1.165, 1.54) is 30.1 Å². The van der Waals surface area contributed by atoms with Crippen molar-refractivity contribution in [1.82, 2.24) is 0 Å². The summed E-state index contributed by atoms with van der Waals surface area (Å²) in [6.07, 6.45) is 5.84. The van der Waals surface area contributed by atoms with Gasteiger partial charge in [-0.3, -0.25) is 0 Å². The van der Waals surface area contributed by atoms with Crippen LogP contribution >= 0.6 is 22.6 Å².